The minimum atomic E-state index is -5.15. The summed E-state index contributed by atoms with van der Waals surface area (Å²) < 4.78 is 32.1. The molecule has 0 amide bonds. The van der Waals surface area contributed by atoms with Crippen molar-refractivity contribution in [1.29, 1.82) is 0 Å². The van der Waals surface area contributed by atoms with E-state index in [4.69, 9.17) is 3.47 Å². The zero-order chi connectivity index (χ0) is 7.33. The number of rotatable bonds is 4. The standard InChI is InChI=1S/C4H10O4Te/c1-2-3-4-8-9(5,6)7/h2-4H2,1H3,(H,5,6,7). The first-order valence-corrected chi connectivity index (χ1v) is 6.57. The Morgan fingerprint density at radius 2 is 2.11 bits per heavy atom. The Kier molecular flexibility index (Phi) is 4.32. The molecule has 1 N–H and O–H groups in total. The third-order valence-corrected chi connectivity index (χ3v) is 2.06. The van der Waals surface area contributed by atoms with Gasteiger partial charge in [-0.2, -0.15) is 0 Å². The molecule has 0 aromatic rings. The Hall–Kier alpha value is 0.310. The summed E-state index contributed by atoms with van der Waals surface area (Å²) in [5.41, 5.74) is 0. The van der Waals surface area contributed by atoms with Crippen molar-refractivity contribution >= 4 is 19.0 Å². The third kappa shape index (κ3) is 8.31. The van der Waals surface area contributed by atoms with Crippen LogP contribution in [-0.4, -0.2) is 29.0 Å². The molecule has 0 unspecified atom stereocenters. The van der Waals surface area contributed by atoms with Gasteiger partial charge in [-0.05, 0) is 0 Å². The van der Waals surface area contributed by atoms with Crippen LogP contribution in [0.2, 0.25) is 0 Å². The molecule has 0 bridgehead atoms. The first kappa shape index (κ1) is 9.31. The molecule has 5 heteroatoms. The van der Waals surface area contributed by atoms with E-state index in [1.165, 1.54) is 0 Å². The quantitative estimate of drug-likeness (QED) is 0.567. The average molecular weight is 250 g/mol. The number of hydrogen-bond donors (Lipinski definition) is 1. The average Bonchev–Trinajstić information content (AvgIpc) is 1.63. The number of hydrogen-bond acceptors (Lipinski definition) is 3. The molecule has 0 rings (SSSR count). The molecule has 0 atom stereocenters. The van der Waals surface area contributed by atoms with Gasteiger partial charge in [0.05, 0.1) is 0 Å². The van der Waals surface area contributed by atoms with Crippen LogP contribution in [0.25, 0.3) is 0 Å². The second-order valence-corrected chi connectivity index (χ2v) is 4.72. The molecule has 0 spiro atoms. The molecule has 9 heavy (non-hydrogen) atoms. The Bertz CT molecular complexity index is 148. The molecule has 0 fully saturated rings. The van der Waals surface area contributed by atoms with Crippen LogP contribution in [0.4, 0.5) is 0 Å². The van der Waals surface area contributed by atoms with E-state index in [0.717, 1.165) is 6.42 Å². The Morgan fingerprint density at radius 1 is 1.56 bits per heavy atom. The van der Waals surface area contributed by atoms with Crippen LogP contribution in [0.1, 0.15) is 19.8 Å². The van der Waals surface area contributed by atoms with Gasteiger partial charge < -0.3 is 0 Å². The van der Waals surface area contributed by atoms with Crippen molar-refractivity contribution < 1.29 is 12.8 Å². The van der Waals surface area contributed by atoms with Crippen molar-refractivity contribution in [2.24, 2.45) is 0 Å². The second-order valence-electron chi connectivity index (χ2n) is 1.60. The summed E-state index contributed by atoms with van der Waals surface area (Å²) in [4.78, 5) is 0. The second kappa shape index (κ2) is 4.18. The summed E-state index contributed by atoms with van der Waals surface area (Å²) >= 11 is -5.15. The van der Waals surface area contributed by atoms with Crippen LogP contribution in [0.15, 0.2) is 0 Å². The van der Waals surface area contributed by atoms with Gasteiger partial charge in [-0.25, -0.2) is 0 Å². The SMILES string of the molecule is CCCCO[Te](=O)(=O)O. The molecule has 4 nitrogen and oxygen atoms in total. The van der Waals surface area contributed by atoms with E-state index in [1.807, 2.05) is 6.92 Å². The van der Waals surface area contributed by atoms with Crippen molar-refractivity contribution in [3.63, 3.8) is 0 Å². The van der Waals surface area contributed by atoms with Crippen LogP contribution in [0.5, 0.6) is 0 Å². The molecule has 0 saturated carbocycles. The Morgan fingerprint density at radius 3 is 2.44 bits per heavy atom. The molecular weight excluding hydrogens is 240 g/mol. The zero-order valence-corrected chi connectivity index (χ0v) is 7.53. The van der Waals surface area contributed by atoms with E-state index in [-0.39, 0.29) is 6.61 Å². The normalized spacial score (nSPS) is 11.8. The molecule has 0 aliphatic rings. The summed E-state index contributed by atoms with van der Waals surface area (Å²) in [5, 5.41) is 0. The molecule has 0 aromatic heterocycles. The molecular formula is C4H10O4Te. The summed E-state index contributed by atoms with van der Waals surface area (Å²) in [7, 11) is 0. The first-order valence-electron chi connectivity index (χ1n) is 2.68. The Balaban J connectivity index is 3.30. The van der Waals surface area contributed by atoms with E-state index in [1.54, 1.807) is 0 Å². The first-order chi connectivity index (χ1) is 4.06. The Labute approximate surface area is 58.5 Å². The third-order valence-electron chi connectivity index (χ3n) is 0.730. The fourth-order valence-electron chi connectivity index (χ4n) is 0.309. The van der Waals surface area contributed by atoms with Crippen LogP contribution in [-0.2, 0) is 9.31 Å². The maximum atomic E-state index is 9.95. The molecule has 0 aromatic carbocycles. The fraction of sp³-hybridized carbons (Fsp3) is 1.00. The van der Waals surface area contributed by atoms with Crippen molar-refractivity contribution in [2.75, 3.05) is 6.61 Å². The monoisotopic (exact) mass is 252 g/mol. The van der Waals surface area contributed by atoms with Gasteiger partial charge in [0.1, 0.15) is 0 Å². The number of unbranched alkanes of at least 4 members (excludes halogenated alkanes) is 1. The predicted octanol–water partition coefficient (Wildman–Crippen LogP) is 0.0920. The van der Waals surface area contributed by atoms with Crippen molar-refractivity contribution in [2.45, 2.75) is 19.8 Å². The molecule has 0 aliphatic heterocycles. The van der Waals surface area contributed by atoms with Gasteiger partial charge in [0.15, 0.2) is 0 Å². The van der Waals surface area contributed by atoms with Crippen LogP contribution >= 0.6 is 0 Å². The van der Waals surface area contributed by atoms with E-state index in [9.17, 15) is 6.21 Å². The van der Waals surface area contributed by atoms with Crippen LogP contribution in [0, 0.1) is 0 Å². The van der Waals surface area contributed by atoms with Crippen LogP contribution in [0.3, 0.4) is 0 Å². The maximum absolute atomic E-state index is 9.95. The van der Waals surface area contributed by atoms with Gasteiger partial charge >= 0.3 is 58.1 Å². The van der Waals surface area contributed by atoms with E-state index in [0.29, 0.717) is 6.42 Å². The minimum absolute atomic E-state index is 0.112. The van der Waals surface area contributed by atoms with Crippen molar-refractivity contribution in [1.82, 2.24) is 0 Å². The van der Waals surface area contributed by atoms with E-state index < -0.39 is 19.0 Å². The van der Waals surface area contributed by atoms with Gasteiger partial charge in [0.2, 0.25) is 0 Å². The van der Waals surface area contributed by atoms with Crippen molar-refractivity contribution in [3.8, 4) is 0 Å². The van der Waals surface area contributed by atoms with Gasteiger partial charge in [-0.3, -0.25) is 0 Å². The van der Waals surface area contributed by atoms with Gasteiger partial charge in [-0.15, -0.1) is 0 Å². The predicted molar refractivity (Wildman–Crippen MR) is 30.2 cm³/mol. The molecule has 0 radical (unpaired) electrons. The topological polar surface area (TPSA) is 63.6 Å². The zero-order valence-electron chi connectivity index (χ0n) is 5.20. The fourth-order valence-corrected chi connectivity index (χ4v) is 1.25. The molecule has 56 valence electrons. The van der Waals surface area contributed by atoms with Gasteiger partial charge in [0, 0.05) is 0 Å². The van der Waals surface area contributed by atoms with E-state index >= 15 is 0 Å². The summed E-state index contributed by atoms with van der Waals surface area (Å²) in [6.07, 6.45) is 1.53. The van der Waals surface area contributed by atoms with Gasteiger partial charge in [-0.1, -0.05) is 0 Å². The van der Waals surface area contributed by atoms with Crippen LogP contribution < -0.4 is 0 Å². The summed E-state index contributed by atoms with van der Waals surface area (Å²) in [6, 6.07) is 0. The molecule has 0 aliphatic carbocycles. The van der Waals surface area contributed by atoms with Gasteiger partial charge in [0.25, 0.3) is 0 Å². The molecule has 0 heterocycles. The molecule has 0 saturated heterocycles. The van der Waals surface area contributed by atoms with E-state index in [2.05, 4.69) is 3.10 Å². The summed E-state index contributed by atoms with van der Waals surface area (Å²) in [6.45, 7) is 2.02. The van der Waals surface area contributed by atoms with Crippen molar-refractivity contribution in [3.05, 3.63) is 0 Å². The summed E-state index contributed by atoms with van der Waals surface area (Å²) in [5.74, 6) is 0.